The third kappa shape index (κ3) is 1.87. The smallest absolute Gasteiger partial charge is 0.166 e. The monoisotopic (exact) mass is 227 g/mol. The zero-order valence-corrected chi connectivity index (χ0v) is 10.1. The third-order valence-corrected chi connectivity index (χ3v) is 2.77. The molecular weight excluding hydrogens is 214 g/mol. The molecule has 0 fully saturated rings. The maximum Gasteiger partial charge on any atom is 0.166 e. The van der Waals surface area contributed by atoms with Gasteiger partial charge in [0, 0.05) is 12.6 Å². The van der Waals surface area contributed by atoms with Crippen molar-refractivity contribution in [3.63, 3.8) is 0 Å². The molecule has 1 aromatic carbocycles. The van der Waals surface area contributed by atoms with Gasteiger partial charge in [-0.05, 0) is 19.1 Å². The van der Waals surface area contributed by atoms with Crippen molar-refractivity contribution < 1.29 is 4.74 Å². The van der Waals surface area contributed by atoms with E-state index in [1.165, 1.54) is 0 Å². The number of aromatic nitrogens is 2. The minimum atomic E-state index is 0.443. The van der Waals surface area contributed by atoms with E-state index in [0.717, 1.165) is 22.8 Å². The summed E-state index contributed by atoms with van der Waals surface area (Å²) in [4.78, 5) is 4.22. The molecule has 0 bridgehead atoms. The molecule has 0 radical (unpaired) electrons. The van der Waals surface area contributed by atoms with Crippen molar-refractivity contribution in [2.45, 2.75) is 6.92 Å². The number of hydrogen-bond acceptors (Lipinski definition) is 3. The van der Waals surface area contributed by atoms with E-state index >= 15 is 0 Å². The molecular formula is C13H13N3O. The van der Waals surface area contributed by atoms with Gasteiger partial charge >= 0.3 is 0 Å². The van der Waals surface area contributed by atoms with Crippen molar-refractivity contribution >= 4 is 0 Å². The van der Waals surface area contributed by atoms with Crippen LogP contribution in [0, 0.1) is 18.3 Å². The number of nitrogens with zero attached hydrogens (tertiary/aromatic N) is 3. The van der Waals surface area contributed by atoms with Crippen LogP contribution in [0.5, 0.6) is 5.75 Å². The molecule has 17 heavy (non-hydrogen) atoms. The molecule has 4 heteroatoms. The van der Waals surface area contributed by atoms with Crippen molar-refractivity contribution in [1.82, 2.24) is 9.55 Å². The Hall–Kier alpha value is -2.28. The zero-order valence-electron chi connectivity index (χ0n) is 10.1. The second-order valence-corrected chi connectivity index (χ2v) is 3.76. The molecule has 0 N–H and O–H groups in total. The lowest BCUT2D eigenvalue weighted by molar-refractivity contribution is 0.415. The summed E-state index contributed by atoms with van der Waals surface area (Å²) in [6.07, 6.45) is 0. The molecule has 2 aromatic rings. The summed E-state index contributed by atoms with van der Waals surface area (Å²) < 4.78 is 7.09. The predicted octanol–water partition coefficient (Wildman–Crippen LogP) is 2.28. The Morgan fingerprint density at radius 1 is 1.41 bits per heavy atom. The maximum atomic E-state index is 9.09. The van der Waals surface area contributed by atoms with Gasteiger partial charge in [-0.1, -0.05) is 12.1 Å². The van der Waals surface area contributed by atoms with Gasteiger partial charge in [0.1, 0.15) is 17.6 Å². The molecule has 0 saturated heterocycles. The van der Waals surface area contributed by atoms with Crippen LogP contribution in [0.1, 0.15) is 11.5 Å². The minimum absolute atomic E-state index is 0.443. The van der Waals surface area contributed by atoms with Crippen LogP contribution in [0.15, 0.2) is 24.3 Å². The fourth-order valence-corrected chi connectivity index (χ4v) is 1.79. The third-order valence-electron chi connectivity index (χ3n) is 2.77. The van der Waals surface area contributed by atoms with E-state index in [1.807, 2.05) is 42.8 Å². The van der Waals surface area contributed by atoms with Gasteiger partial charge in [0.25, 0.3) is 0 Å². The lowest BCUT2D eigenvalue weighted by Crippen LogP contribution is -1.95. The zero-order chi connectivity index (χ0) is 12.4. The number of imidazole rings is 1. The van der Waals surface area contributed by atoms with Gasteiger partial charge in [0.15, 0.2) is 5.69 Å². The second kappa shape index (κ2) is 4.30. The van der Waals surface area contributed by atoms with E-state index in [-0.39, 0.29) is 0 Å². The predicted molar refractivity (Wildman–Crippen MR) is 64.6 cm³/mol. The Morgan fingerprint density at radius 3 is 2.82 bits per heavy atom. The molecule has 86 valence electrons. The summed E-state index contributed by atoms with van der Waals surface area (Å²) in [7, 11) is 3.52. The highest BCUT2D eigenvalue weighted by Gasteiger charge is 2.14. The number of methoxy groups -OCH3 is 1. The van der Waals surface area contributed by atoms with Gasteiger partial charge in [-0.3, -0.25) is 0 Å². The number of ether oxygens (including phenoxy) is 1. The Kier molecular flexibility index (Phi) is 2.84. The quantitative estimate of drug-likeness (QED) is 0.790. The van der Waals surface area contributed by atoms with Crippen LogP contribution in [0.3, 0.4) is 0 Å². The standard InChI is InChI=1S/C13H13N3O/c1-9-15-12(8-14)13(16(9)2)10-5-4-6-11(7-10)17-3/h4-7H,1-3H3. The van der Waals surface area contributed by atoms with Crippen LogP contribution in [-0.4, -0.2) is 16.7 Å². The van der Waals surface area contributed by atoms with Gasteiger partial charge in [-0.25, -0.2) is 4.98 Å². The fourth-order valence-electron chi connectivity index (χ4n) is 1.79. The van der Waals surface area contributed by atoms with Gasteiger partial charge < -0.3 is 9.30 Å². The molecule has 2 rings (SSSR count). The van der Waals surface area contributed by atoms with Crippen LogP contribution in [-0.2, 0) is 7.05 Å². The second-order valence-electron chi connectivity index (χ2n) is 3.76. The Labute approximate surface area is 100 Å². The Bertz CT molecular complexity index is 593. The normalized spacial score (nSPS) is 10.0. The molecule has 1 heterocycles. The van der Waals surface area contributed by atoms with E-state index in [9.17, 15) is 0 Å². The number of nitriles is 1. The van der Waals surface area contributed by atoms with Crippen LogP contribution in [0.4, 0.5) is 0 Å². The maximum absolute atomic E-state index is 9.09. The van der Waals surface area contributed by atoms with Crippen molar-refractivity contribution in [2.75, 3.05) is 7.11 Å². The molecule has 0 aliphatic carbocycles. The first-order valence-corrected chi connectivity index (χ1v) is 5.25. The molecule has 0 atom stereocenters. The van der Waals surface area contributed by atoms with Crippen LogP contribution < -0.4 is 4.74 Å². The molecule has 0 aliphatic rings. The molecule has 0 unspecified atom stereocenters. The first-order chi connectivity index (χ1) is 8.17. The first-order valence-electron chi connectivity index (χ1n) is 5.25. The Morgan fingerprint density at radius 2 is 2.18 bits per heavy atom. The highest BCUT2D eigenvalue weighted by molar-refractivity contribution is 5.67. The van der Waals surface area contributed by atoms with Crippen molar-refractivity contribution in [3.05, 3.63) is 35.8 Å². The van der Waals surface area contributed by atoms with Gasteiger partial charge in [0.2, 0.25) is 0 Å². The Balaban J connectivity index is 2.64. The van der Waals surface area contributed by atoms with Gasteiger partial charge in [-0.15, -0.1) is 0 Å². The first kappa shape index (κ1) is 11.2. The van der Waals surface area contributed by atoms with Gasteiger partial charge in [0.05, 0.1) is 12.8 Å². The van der Waals surface area contributed by atoms with E-state index in [1.54, 1.807) is 7.11 Å². The minimum Gasteiger partial charge on any atom is -0.497 e. The largest absolute Gasteiger partial charge is 0.497 e. The SMILES string of the molecule is COc1cccc(-c2c(C#N)nc(C)n2C)c1. The summed E-state index contributed by atoms with van der Waals surface area (Å²) in [6.45, 7) is 1.88. The summed E-state index contributed by atoms with van der Waals surface area (Å²) in [6, 6.07) is 9.74. The summed E-state index contributed by atoms with van der Waals surface area (Å²) in [5.41, 5.74) is 2.20. The lowest BCUT2D eigenvalue weighted by Gasteiger charge is -2.06. The lowest BCUT2D eigenvalue weighted by atomic mass is 10.1. The topological polar surface area (TPSA) is 50.8 Å². The van der Waals surface area contributed by atoms with E-state index in [2.05, 4.69) is 11.1 Å². The fraction of sp³-hybridized carbons (Fsp3) is 0.231. The number of aryl methyl sites for hydroxylation is 1. The van der Waals surface area contributed by atoms with Crippen LogP contribution in [0.2, 0.25) is 0 Å². The highest BCUT2D eigenvalue weighted by Crippen LogP contribution is 2.26. The average molecular weight is 227 g/mol. The molecule has 4 nitrogen and oxygen atoms in total. The summed E-state index contributed by atoms with van der Waals surface area (Å²) in [5.74, 6) is 1.59. The number of benzene rings is 1. The average Bonchev–Trinajstić information content (AvgIpc) is 2.65. The van der Waals surface area contributed by atoms with E-state index < -0.39 is 0 Å². The van der Waals surface area contributed by atoms with Crippen molar-refractivity contribution in [2.24, 2.45) is 7.05 Å². The molecule has 1 aromatic heterocycles. The molecule has 0 spiro atoms. The van der Waals surface area contributed by atoms with Crippen LogP contribution >= 0.6 is 0 Å². The van der Waals surface area contributed by atoms with E-state index in [4.69, 9.17) is 10.00 Å². The highest BCUT2D eigenvalue weighted by atomic mass is 16.5. The number of hydrogen-bond donors (Lipinski definition) is 0. The van der Waals surface area contributed by atoms with Crippen molar-refractivity contribution in [3.8, 4) is 23.1 Å². The number of rotatable bonds is 2. The van der Waals surface area contributed by atoms with Crippen LogP contribution in [0.25, 0.3) is 11.3 Å². The van der Waals surface area contributed by atoms with Crippen molar-refractivity contribution in [1.29, 1.82) is 5.26 Å². The molecule has 0 aliphatic heterocycles. The summed E-state index contributed by atoms with van der Waals surface area (Å²) in [5, 5.41) is 9.09. The van der Waals surface area contributed by atoms with Gasteiger partial charge in [-0.2, -0.15) is 5.26 Å². The summed E-state index contributed by atoms with van der Waals surface area (Å²) >= 11 is 0. The molecule has 0 saturated carbocycles. The molecule has 0 amide bonds. The van der Waals surface area contributed by atoms with E-state index in [0.29, 0.717) is 5.69 Å².